The van der Waals surface area contributed by atoms with Crippen molar-refractivity contribution >= 4 is 11.8 Å². The van der Waals surface area contributed by atoms with Gasteiger partial charge in [0.1, 0.15) is 5.82 Å². The summed E-state index contributed by atoms with van der Waals surface area (Å²) in [6.07, 6.45) is 3.95. The summed E-state index contributed by atoms with van der Waals surface area (Å²) in [6.45, 7) is 8.43. The lowest BCUT2D eigenvalue weighted by Gasteiger charge is -2.10. The highest BCUT2D eigenvalue weighted by molar-refractivity contribution is 7.99. The first-order chi connectivity index (χ1) is 7.24. The minimum absolute atomic E-state index is 0.514. The molecule has 0 radical (unpaired) electrons. The van der Waals surface area contributed by atoms with Crippen molar-refractivity contribution < 1.29 is 0 Å². The Labute approximate surface area is 96.7 Å². The van der Waals surface area contributed by atoms with Crippen LogP contribution in [0.15, 0.2) is 12.4 Å². The Morgan fingerprint density at radius 3 is 3.00 bits per heavy atom. The molecule has 0 bridgehead atoms. The SMILES string of the molecule is CCSCCn1ccnc1CNC(C)C. The second kappa shape index (κ2) is 6.90. The molecular formula is C11H21N3S. The third kappa shape index (κ3) is 4.71. The van der Waals surface area contributed by atoms with E-state index in [0.29, 0.717) is 6.04 Å². The van der Waals surface area contributed by atoms with E-state index in [1.165, 1.54) is 11.5 Å². The summed E-state index contributed by atoms with van der Waals surface area (Å²) in [6, 6.07) is 0.514. The Bertz CT molecular complexity index is 271. The molecule has 86 valence electrons. The Morgan fingerprint density at radius 1 is 1.53 bits per heavy atom. The summed E-state index contributed by atoms with van der Waals surface area (Å²) in [7, 11) is 0. The molecular weight excluding hydrogens is 206 g/mol. The summed E-state index contributed by atoms with van der Waals surface area (Å²) in [5.74, 6) is 3.50. The van der Waals surface area contributed by atoms with Gasteiger partial charge in [0.05, 0.1) is 6.54 Å². The van der Waals surface area contributed by atoms with Crippen LogP contribution in [0.2, 0.25) is 0 Å². The molecule has 3 nitrogen and oxygen atoms in total. The molecule has 4 heteroatoms. The number of thioether (sulfide) groups is 1. The predicted octanol–water partition coefficient (Wildman–Crippen LogP) is 2.13. The highest BCUT2D eigenvalue weighted by Gasteiger charge is 2.02. The van der Waals surface area contributed by atoms with Crippen LogP contribution in [0.5, 0.6) is 0 Å². The van der Waals surface area contributed by atoms with Gasteiger partial charge >= 0.3 is 0 Å². The molecule has 1 aromatic rings. The highest BCUT2D eigenvalue weighted by atomic mass is 32.2. The maximum atomic E-state index is 4.36. The van der Waals surface area contributed by atoms with E-state index in [2.05, 4.69) is 41.8 Å². The van der Waals surface area contributed by atoms with Crippen LogP contribution in [0.3, 0.4) is 0 Å². The van der Waals surface area contributed by atoms with Gasteiger partial charge in [-0.05, 0) is 5.75 Å². The van der Waals surface area contributed by atoms with Crippen molar-refractivity contribution in [2.45, 2.75) is 39.9 Å². The van der Waals surface area contributed by atoms with E-state index in [0.717, 1.165) is 18.9 Å². The molecule has 0 saturated carbocycles. The smallest absolute Gasteiger partial charge is 0.122 e. The molecule has 0 unspecified atom stereocenters. The maximum absolute atomic E-state index is 4.36. The Hall–Kier alpha value is -0.480. The van der Waals surface area contributed by atoms with Crippen LogP contribution >= 0.6 is 11.8 Å². The van der Waals surface area contributed by atoms with E-state index < -0.39 is 0 Å². The lowest BCUT2D eigenvalue weighted by Crippen LogP contribution is -2.24. The van der Waals surface area contributed by atoms with Crippen LogP contribution in [-0.4, -0.2) is 27.1 Å². The lowest BCUT2D eigenvalue weighted by molar-refractivity contribution is 0.552. The largest absolute Gasteiger partial charge is 0.333 e. The predicted molar refractivity (Wildman–Crippen MR) is 67.2 cm³/mol. The molecule has 0 spiro atoms. The molecule has 1 rings (SSSR count). The van der Waals surface area contributed by atoms with Crippen LogP contribution in [0.4, 0.5) is 0 Å². The first-order valence-electron chi connectivity index (χ1n) is 5.55. The van der Waals surface area contributed by atoms with Gasteiger partial charge in [0.25, 0.3) is 0 Å². The summed E-state index contributed by atoms with van der Waals surface area (Å²) in [5.41, 5.74) is 0. The first kappa shape index (κ1) is 12.6. The van der Waals surface area contributed by atoms with E-state index >= 15 is 0 Å². The molecule has 0 aliphatic heterocycles. The zero-order chi connectivity index (χ0) is 11.1. The number of hydrogen-bond acceptors (Lipinski definition) is 3. The van der Waals surface area contributed by atoms with Crippen molar-refractivity contribution in [3.63, 3.8) is 0 Å². The Balaban J connectivity index is 2.39. The number of aryl methyl sites for hydroxylation is 1. The van der Waals surface area contributed by atoms with Crippen LogP contribution in [-0.2, 0) is 13.1 Å². The number of hydrogen-bond donors (Lipinski definition) is 1. The molecule has 0 saturated heterocycles. The van der Waals surface area contributed by atoms with E-state index in [9.17, 15) is 0 Å². The van der Waals surface area contributed by atoms with Crippen molar-refractivity contribution in [2.75, 3.05) is 11.5 Å². The lowest BCUT2D eigenvalue weighted by atomic mass is 10.4. The Morgan fingerprint density at radius 2 is 2.33 bits per heavy atom. The summed E-state index contributed by atoms with van der Waals surface area (Å²) in [5, 5.41) is 3.39. The molecule has 0 aliphatic rings. The van der Waals surface area contributed by atoms with Gasteiger partial charge in [-0.15, -0.1) is 0 Å². The van der Waals surface area contributed by atoms with Crippen molar-refractivity contribution in [1.82, 2.24) is 14.9 Å². The molecule has 15 heavy (non-hydrogen) atoms. The van der Waals surface area contributed by atoms with Gasteiger partial charge in [0.2, 0.25) is 0 Å². The minimum atomic E-state index is 0.514. The quantitative estimate of drug-likeness (QED) is 0.724. The molecule has 0 atom stereocenters. The Kier molecular flexibility index (Phi) is 5.79. The minimum Gasteiger partial charge on any atom is -0.333 e. The number of nitrogens with zero attached hydrogens (tertiary/aromatic N) is 2. The molecule has 1 N–H and O–H groups in total. The van der Waals surface area contributed by atoms with Gasteiger partial charge in [0.15, 0.2) is 0 Å². The van der Waals surface area contributed by atoms with Gasteiger partial charge in [-0.3, -0.25) is 0 Å². The van der Waals surface area contributed by atoms with E-state index in [4.69, 9.17) is 0 Å². The van der Waals surface area contributed by atoms with Crippen molar-refractivity contribution in [1.29, 1.82) is 0 Å². The van der Waals surface area contributed by atoms with E-state index in [-0.39, 0.29) is 0 Å². The highest BCUT2D eigenvalue weighted by Crippen LogP contribution is 2.03. The van der Waals surface area contributed by atoms with Gasteiger partial charge in [0, 0.05) is 30.7 Å². The average Bonchev–Trinajstić information content (AvgIpc) is 2.63. The van der Waals surface area contributed by atoms with Crippen LogP contribution in [0, 0.1) is 0 Å². The van der Waals surface area contributed by atoms with Gasteiger partial charge in [-0.2, -0.15) is 11.8 Å². The van der Waals surface area contributed by atoms with Crippen LogP contribution < -0.4 is 5.32 Å². The molecule has 1 aromatic heterocycles. The normalized spacial score (nSPS) is 11.2. The number of imidazole rings is 1. The summed E-state index contributed by atoms with van der Waals surface area (Å²) < 4.78 is 2.23. The molecule has 0 aromatic carbocycles. The zero-order valence-electron chi connectivity index (χ0n) is 9.86. The van der Waals surface area contributed by atoms with Crippen molar-refractivity contribution in [3.05, 3.63) is 18.2 Å². The fourth-order valence-corrected chi connectivity index (χ4v) is 1.93. The summed E-state index contributed by atoms with van der Waals surface area (Å²) >= 11 is 1.97. The van der Waals surface area contributed by atoms with Crippen molar-refractivity contribution in [3.8, 4) is 0 Å². The average molecular weight is 227 g/mol. The maximum Gasteiger partial charge on any atom is 0.122 e. The first-order valence-corrected chi connectivity index (χ1v) is 6.70. The van der Waals surface area contributed by atoms with Crippen molar-refractivity contribution in [2.24, 2.45) is 0 Å². The molecule has 0 fully saturated rings. The van der Waals surface area contributed by atoms with Gasteiger partial charge in [-0.25, -0.2) is 4.98 Å². The second-order valence-electron chi connectivity index (χ2n) is 3.77. The fourth-order valence-electron chi connectivity index (χ4n) is 1.31. The van der Waals surface area contributed by atoms with Crippen LogP contribution in [0.1, 0.15) is 26.6 Å². The fraction of sp³-hybridized carbons (Fsp3) is 0.727. The number of rotatable bonds is 7. The number of nitrogens with one attached hydrogen (secondary N) is 1. The topological polar surface area (TPSA) is 29.9 Å². The molecule has 1 heterocycles. The van der Waals surface area contributed by atoms with Gasteiger partial charge in [-0.1, -0.05) is 20.8 Å². The molecule has 0 aliphatic carbocycles. The standard InChI is InChI=1S/C11H21N3S/c1-4-15-8-7-14-6-5-12-11(14)9-13-10(2)3/h5-6,10,13H,4,7-9H2,1-3H3. The van der Waals surface area contributed by atoms with E-state index in [1.807, 2.05) is 18.0 Å². The van der Waals surface area contributed by atoms with Gasteiger partial charge < -0.3 is 9.88 Å². The van der Waals surface area contributed by atoms with E-state index in [1.54, 1.807) is 0 Å². The molecule has 0 amide bonds. The monoisotopic (exact) mass is 227 g/mol. The van der Waals surface area contributed by atoms with Crippen LogP contribution in [0.25, 0.3) is 0 Å². The third-order valence-electron chi connectivity index (χ3n) is 2.15. The number of aromatic nitrogens is 2. The third-order valence-corrected chi connectivity index (χ3v) is 3.03. The second-order valence-corrected chi connectivity index (χ2v) is 5.16. The summed E-state index contributed by atoms with van der Waals surface area (Å²) in [4.78, 5) is 4.36. The zero-order valence-corrected chi connectivity index (χ0v) is 10.7.